The van der Waals surface area contributed by atoms with Crippen LogP contribution >= 0.6 is 11.6 Å². The Labute approximate surface area is 208 Å². The number of benzene rings is 2. The maximum Gasteiger partial charge on any atom is 0.326 e. The van der Waals surface area contributed by atoms with Gasteiger partial charge in [-0.1, -0.05) is 49.7 Å². The van der Waals surface area contributed by atoms with Gasteiger partial charge in [-0.2, -0.15) is 0 Å². The number of halogens is 1. The van der Waals surface area contributed by atoms with E-state index in [9.17, 15) is 29.4 Å². The number of carboxylic acids is 2. The topological polar surface area (TPSA) is 133 Å². The van der Waals surface area contributed by atoms with E-state index in [-0.39, 0.29) is 12.3 Å². The molecule has 8 nitrogen and oxygen atoms in total. The molecule has 0 unspecified atom stereocenters. The Morgan fingerprint density at radius 2 is 1.66 bits per heavy atom. The van der Waals surface area contributed by atoms with Gasteiger partial charge >= 0.3 is 11.9 Å². The highest BCUT2D eigenvalue weighted by Crippen LogP contribution is 2.56. The van der Waals surface area contributed by atoms with Crippen LogP contribution in [0.4, 0.5) is 5.69 Å². The molecule has 2 amide bonds. The maximum absolute atomic E-state index is 13.0. The average Bonchev–Trinajstić information content (AvgIpc) is 3.04. The first-order valence-corrected chi connectivity index (χ1v) is 11.7. The average molecular weight is 501 g/mol. The molecule has 0 heterocycles. The van der Waals surface area contributed by atoms with Crippen molar-refractivity contribution in [1.29, 1.82) is 0 Å². The molecule has 9 heteroatoms. The second-order valence-electron chi connectivity index (χ2n) is 9.68. The molecule has 0 bridgehead atoms. The van der Waals surface area contributed by atoms with Gasteiger partial charge in [0.2, 0.25) is 5.91 Å². The highest BCUT2D eigenvalue weighted by molar-refractivity contribution is 6.34. The fraction of sp³-hybridized carbons (Fsp3) is 0.385. The molecule has 1 fully saturated rings. The molecule has 1 aliphatic rings. The van der Waals surface area contributed by atoms with Gasteiger partial charge in [-0.05, 0) is 55.0 Å². The van der Waals surface area contributed by atoms with Crippen molar-refractivity contribution in [2.45, 2.75) is 46.1 Å². The van der Waals surface area contributed by atoms with Crippen LogP contribution in [0.2, 0.25) is 5.02 Å². The van der Waals surface area contributed by atoms with Crippen LogP contribution in [0.3, 0.4) is 0 Å². The number of carboxylic acid groups (broad SMARTS) is 2. The van der Waals surface area contributed by atoms with Gasteiger partial charge in [0.25, 0.3) is 5.91 Å². The molecule has 2 aromatic carbocycles. The summed E-state index contributed by atoms with van der Waals surface area (Å²) in [6.45, 7) is 5.11. The molecule has 186 valence electrons. The van der Waals surface area contributed by atoms with Crippen LogP contribution in [0.5, 0.6) is 0 Å². The molecule has 35 heavy (non-hydrogen) atoms. The summed E-state index contributed by atoms with van der Waals surface area (Å²) < 4.78 is 0. The minimum absolute atomic E-state index is 0.0309. The number of carbonyl (C=O) groups is 4. The van der Waals surface area contributed by atoms with Gasteiger partial charge in [0.1, 0.15) is 6.04 Å². The summed E-state index contributed by atoms with van der Waals surface area (Å²) in [7, 11) is 0. The van der Waals surface area contributed by atoms with Crippen LogP contribution in [-0.2, 0) is 20.8 Å². The predicted molar refractivity (Wildman–Crippen MR) is 131 cm³/mol. The molecule has 3 atom stereocenters. The first kappa shape index (κ1) is 26.2. The lowest BCUT2D eigenvalue weighted by atomic mass is 9.65. The van der Waals surface area contributed by atoms with Crippen molar-refractivity contribution in [3.63, 3.8) is 0 Å². The largest absolute Gasteiger partial charge is 0.481 e. The van der Waals surface area contributed by atoms with Crippen molar-refractivity contribution in [2.75, 3.05) is 5.32 Å². The highest BCUT2D eigenvalue weighted by atomic mass is 35.5. The molecule has 0 aromatic heterocycles. The molecule has 0 spiro atoms. The maximum atomic E-state index is 13.0. The minimum atomic E-state index is -1.19. The summed E-state index contributed by atoms with van der Waals surface area (Å²) in [4.78, 5) is 49.1. The van der Waals surface area contributed by atoms with E-state index in [4.69, 9.17) is 11.6 Å². The van der Waals surface area contributed by atoms with Gasteiger partial charge in [0.15, 0.2) is 0 Å². The summed E-state index contributed by atoms with van der Waals surface area (Å²) in [5.41, 5.74) is -0.420. The lowest BCUT2D eigenvalue weighted by molar-refractivity contribution is -0.155. The summed E-state index contributed by atoms with van der Waals surface area (Å²) in [5, 5.41) is 25.0. The minimum Gasteiger partial charge on any atom is -0.481 e. The summed E-state index contributed by atoms with van der Waals surface area (Å²) in [5.74, 6) is -3.60. The number of hydrogen-bond acceptors (Lipinski definition) is 4. The summed E-state index contributed by atoms with van der Waals surface area (Å²) in [6, 6.07) is 12.1. The second-order valence-corrected chi connectivity index (χ2v) is 10.1. The van der Waals surface area contributed by atoms with E-state index in [2.05, 4.69) is 10.6 Å². The molecular weight excluding hydrogens is 472 g/mol. The Hall–Kier alpha value is -3.39. The van der Waals surface area contributed by atoms with E-state index in [0.29, 0.717) is 34.7 Å². The van der Waals surface area contributed by atoms with Crippen LogP contribution in [-0.4, -0.2) is 40.0 Å². The fourth-order valence-corrected chi connectivity index (χ4v) is 4.84. The highest BCUT2D eigenvalue weighted by Gasteiger charge is 2.58. The number of carbonyl (C=O) groups excluding carboxylic acids is 2. The van der Waals surface area contributed by atoms with Crippen LogP contribution in [0.1, 0.15) is 49.5 Å². The number of aliphatic carboxylic acids is 2. The predicted octanol–water partition coefficient (Wildman–Crippen LogP) is 4.23. The number of nitrogens with one attached hydrogen (secondary N) is 2. The third-order valence-corrected chi connectivity index (χ3v) is 7.73. The molecule has 2 aromatic rings. The second kappa shape index (κ2) is 10.1. The SMILES string of the molecule is CC1(C)[C@@H](C(=O)N[C@@H](Cc2ccc(NC(=O)c3ccccc3Cl)cc2)C(=O)O)CC[C@@]1(C)C(=O)O. The van der Waals surface area contributed by atoms with Crippen LogP contribution in [0.15, 0.2) is 48.5 Å². The lowest BCUT2D eigenvalue weighted by Crippen LogP contribution is -2.49. The van der Waals surface area contributed by atoms with Crippen LogP contribution in [0, 0.1) is 16.7 Å². The summed E-state index contributed by atoms with van der Waals surface area (Å²) in [6.07, 6.45) is 0.740. The normalized spacial score (nSPS) is 21.7. The first-order chi connectivity index (χ1) is 16.4. The Morgan fingerprint density at radius 1 is 1.03 bits per heavy atom. The van der Waals surface area contributed by atoms with Gasteiger partial charge in [0, 0.05) is 18.0 Å². The van der Waals surface area contributed by atoms with Gasteiger partial charge in [-0.15, -0.1) is 0 Å². The Kier molecular flexibility index (Phi) is 7.55. The lowest BCUT2D eigenvalue weighted by Gasteiger charge is -2.38. The van der Waals surface area contributed by atoms with Crippen molar-refractivity contribution >= 4 is 41.0 Å². The van der Waals surface area contributed by atoms with Gasteiger partial charge < -0.3 is 20.8 Å². The molecule has 0 radical (unpaired) electrons. The molecule has 0 aliphatic heterocycles. The zero-order valence-electron chi connectivity index (χ0n) is 19.8. The number of anilines is 1. The number of amides is 2. The van der Waals surface area contributed by atoms with Crippen molar-refractivity contribution in [1.82, 2.24) is 5.32 Å². The molecule has 4 N–H and O–H groups in total. The van der Waals surface area contributed by atoms with Crippen molar-refractivity contribution in [3.8, 4) is 0 Å². The smallest absolute Gasteiger partial charge is 0.326 e. The van der Waals surface area contributed by atoms with E-state index < -0.39 is 40.6 Å². The Balaban J connectivity index is 1.66. The Bertz CT molecular complexity index is 1150. The summed E-state index contributed by atoms with van der Waals surface area (Å²) >= 11 is 6.05. The fourth-order valence-electron chi connectivity index (χ4n) is 4.62. The van der Waals surface area contributed by atoms with Gasteiger partial charge in [-0.25, -0.2) is 4.79 Å². The molecule has 1 aliphatic carbocycles. The zero-order valence-corrected chi connectivity index (χ0v) is 20.6. The quantitative estimate of drug-likeness (QED) is 0.428. The zero-order chi connectivity index (χ0) is 26.0. The van der Waals surface area contributed by atoms with Crippen molar-refractivity contribution in [3.05, 3.63) is 64.7 Å². The van der Waals surface area contributed by atoms with Crippen LogP contribution in [0.25, 0.3) is 0 Å². The number of rotatable bonds is 8. The van der Waals surface area contributed by atoms with E-state index in [1.807, 2.05) is 0 Å². The van der Waals surface area contributed by atoms with Crippen molar-refractivity contribution in [2.24, 2.45) is 16.7 Å². The molecule has 0 saturated heterocycles. The standard InChI is InChI=1S/C26H29ClN2O6/c1-25(2)18(12-13-26(25,3)24(34)35)22(31)29-20(23(32)33)14-15-8-10-16(11-9-15)28-21(30)17-6-4-5-7-19(17)27/h4-11,18,20H,12-14H2,1-3H3,(H,28,30)(H,29,31)(H,32,33)(H,34,35)/t18-,20+,26+/m1/s1. The van der Waals surface area contributed by atoms with E-state index in [1.165, 1.54) is 0 Å². The van der Waals surface area contributed by atoms with E-state index in [0.717, 1.165) is 0 Å². The van der Waals surface area contributed by atoms with Crippen LogP contribution < -0.4 is 10.6 Å². The van der Waals surface area contributed by atoms with Gasteiger partial charge in [-0.3, -0.25) is 14.4 Å². The van der Waals surface area contributed by atoms with E-state index in [1.54, 1.807) is 69.3 Å². The van der Waals surface area contributed by atoms with Gasteiger partial charge in [0.05, 0.1) is 16.0 Å². The van der Waals surface area contributed by atoms with Crippen molar-refractivity contribution < 1.29 is 29.4 Å². The Morgan fingerprint density at radius 3 is 2.20 bits per heavy atom. The van der Waals surface area contributed by atoms with E-state index >= 15 is 0 Å². The molecular formula is C26H29ClN2O6. The number of hydrogen-bond donors (Lipinski definition) is 4. The molecule has 1 saturated carbocycles. The first-order valence-electron chi connectivity index (χ1n) is 11.3. The molecule has 3 rings (SSSR count). The third kappa shape index (κ3) is 5.32. The monoisotopic (exact) mass is 500 g/mol. The third-order valence-electron chi connectivity index (χ3n) is 7.40.